The van der Waals surface area contributed by atoms with Crippen molar-refractivity contribution in [2.24, 2.45) is 0 Å². The van der Waals surface area contributed by atoms with E-state index in [2.05, 4.69) is 289 Å². The summed E-state index contributed by atoms with van der Waals surface area (Å²) in [6.07, 6.45) is 0. The summed E-state index contributed by atoms with van der Waals surface area (Å²) in [6, 6.07) is 102. The van der Waals surface area contributed by atoms with E-state index >= 15 is 0 Å². The standard InChI is InChI=1S/C70H46N2/c1-4-19-49(20-5-1)69-63-30-13-12-28-59(63)60-41-37-53(46-65(60)70(69)50-21-6-2-7-22-50)51-23-16-26-56(44-51)71(66-33-17-31-58-57-27-11-10-18-48(57)36-42-62(58)66)55-39-34-47(35-40-55)52-38-43-68-64(45-52)61-29-14-15-32-67(61)72(68)54-24-8-3-9-25-54/h1-46H. The third-order valence-electron chi connectivity index (χ3n) is 14.7. The minimum Gasteiger partial charge on any atom is -0.310 e. The highest BCUT2D eigenvalue weighted by molar-refractivity contribution is 6.22. The molecule has 0 amide bonds. The van der Waals surface area contributed by atoms with Crippen molar-refractivity contribution < 1.29 is 0 Å². The summed E-state index contributed by atoms with van der Waals surface area (Å²) < 4.78 is 2.38. The summed E-state index contributed by atoms with van der Waals surface area (Å²) in [4.78, 5) is 2.44. The molecule has 14 rings (SSSR count). The molecule has 0 bridgehead atoms. The molecule has 0 saturated carbocycles. The van der Waals surface area contributed by atoms with Crippen LogP contribution in [0.1, 0.15) is 0 Å². The van der Waals surface area contributed by atoms with E-state index in [1.165, 1.54) is 104 Å². The lowest BCUT2D eigenvalue weighted by atomic mass is 9.84. The lowest BCUT2D eigenvalue weighted by Crippen LogP contribution is -2.10. The van der Waals surface area contributed by atoms with Crippen LogP contribution in [0.2, 0.25) is 0 Å². The van der Waals surface area contributed by atoms with E-state index in [9.17, 15) is 0 Å². The molecule has 336 valence electrons. The van der Waals surface area contributed by atoms with Gasteiger partial charge in [0.05, 0.1) is 16.7 Å². The molecule has 0 aliphatic carbocycles. The van der Waals surface area contributed by atoms with Crippen LogP contribution in [-0.2, 0) is 0 Å². The largest absolute Gasteiger partial charge is 0.310 e. The molecule has 2 heteroatoms. The molecule has 1 aromatic heterocycles. The zero-order valence-electron chi connectivity index (χ0n) is 39.5. The predicted molar refractivity (Wildman–Crippen MR) is 307 cm³/mol. The molecule has 0 unspecified atom stereocenters. The van der Waals surface area contributed by atoms with Gasteiger partial charge in [-0.15, -0.1) is 0 Å². The van der Waals surface area contributed by atoms with Gasteiger partial charge in [-0.1, -0.05) is 212 Å². The van der Waals surface area contributed by atoms with Crippen molar-refractivity contribution in [3.63, 3.8) is 0 Å². The Morgan fingerprint density at radius 3 is 1.51 bits per heavy atom. The van der Waals surface area contributed by atoms with Gasteiger partial charge in [-0.25, -0.2) is 0 Å². The smallest absolute Gasteiger partial charge is 0.0541 e. The summed E-state index contributed by atoms with van der Waals surface area (Å²) in [5, 5.41) is 12.4. The molecule has 0 fully saturated rings. The summed E-state index contributed by atoms with van der Waals surface area (Å²) in [6.45, 7) is 0. The van der Waals surface area contributed by atoms with Crippen LogP contribution in [0.25, 0.3) is 115 Å². The lowest BCUT2D eigenvalue weighted by Gasteiger charge is -2.28. The van der Waals surface area contributed by atoms with Crippen LogP contribution in [0.15, 0.2) is 279 Å². The molecule has 0 N–H and O–H groups in total. The fourth-order valence-corrected chi connectivity index (χ4v) is 11.5. The Kier molecular flexibility index (Phi) is 9.89. The molecule has 0 spiro atoms. The highest BCUT2D eigenvalue weighted by atomic mass is 15.1. The number of hydrogen-bond acceptors (Lipinski definition) is 1. The number of rotatable bonds is 8. The quantitative estimate of drug-likeness (QED) is 0.138. The number of benzene rings is 13. The van der Waals surface area contributed by atoms with Gasteiger partial charge in [0.15, 0.2) is 0 Å². The van der Waals surface area contributed by atoms with Crippen molar-refractivity contribution in [3.8, 4) is 50.2 Å². The minimum absolute atomic E-state index is 1.09. The highest BCUT2D eigenvalue weighted by Crippen LogP contribution is 2.47. The molecule has 0 radical (unpaired) electrons. The Morgan fingerprint density at radius 2 is 0.736 bits per heavy atom. The third-order valence-corrected chi connectivity index (χ3v) is 14.7. The second kappa shape index (κ2) is 17.2. The van der Waals surface area contributed by atoms with Crippen molar-refractivity contribution in [1.82, 2.24) is 4.57 Å². The maximum absolute atomic E-state index is 2.44. The topological polar surface area (TPSA) is 8.17 Å². The predicted octanol–water partition coefficient (Wildman–Crippen LogP) is 19.5. The highest BCUT2D eigenvalue weighted by Gasteiger charge is 2.21. The van der Waals surface area contributed by atoms with Gasteiger partial charge in [-0.3, -0.25) is 0 Å². The van der Waals surface area contributed by atoms with Crippen LogP contribution in [-0.4, -0.2) is 4.57 Å². The maximum atomic E-state index is 2.44. The monoisotopic (exact) mass is 914 g/mol. The Hall–Kier alpha value is -9.50. The molecule has 1 heterocycles. The summed E-state index contributed by atoms with van der Waals surface area (Å²) in [7, 11) is 0. The average molecular weight is 915 g/mol. The molecule has 0 atom stereocenters. The van der Waals surface area contributed by atoms with Crippen LogP contribution in [0, 0.1) is 0 Å². The number of aromatic nitrogens is 1. The Labute approximate surface area is 418 Å². The number of para-hydroxylation sites is 2. The van der Waals surface area contributed by atoms with Crippen LogP contribution in [0.3, 0.4) is 0 Å². The molecule has 0 aliphatic rings. The van der Waals surface area contributed by atoms with E-state index in [0.29, 0.717) is 0 Å². The van der Waals surface area contributed by atoms with Crippen LogP contribution in [0.5, 0.6) is 0 Å². The van der Waals surface area contributed by atoms with Gasteiger partial charge in [-0.2, -0.15) is 0 Å². The number of nitrogens with zero attached hydrogens (tertiary/aromatic N) is 2. The molecule has 0 aliphatic heterocycles. The van der Waals surface area contributed by atoms with E-state index in [1.54, 1.807) is 0 Å². The summed E-state index contributed by atoms with van der Waals surface area (Å²) in [5.74, 6) is 0. The third kappa shape index (κ3) is 6.88. The Balaban J connectivity index is 0.933. The first-order valence-corrected chi connectivity index (χ1v) is 24.8. The first-order valence-electron chi connectivity index (χ1n) is 24.8. The van der Waals surface area contributed by atoms with Crippen molar-refractivity contribution in [2.75, 3.05) is 4.90 Å². The molecule has 0 saturated heterocycles. The average Bonchev–Trinajstić information content (AvgIpc) is 3.79. The molecule has 14 aromatic rings. The van der Waals surface area contributed by atoms with Gasteiger partial charge in [-0.05, 0) is 149 Å². The number of hydrogen-bond donors (Lipinski definition) is 0. The van der Waals surface area contributed by atoms with Gasteiger partial charge in [0, 0.05) is 33.2 Å². The second-order valence-electron chi connectivity index (χ2n) is 18.8. The van der Waals surface area contributed by atoms with Crippen molar-refractivity contribution >= 4 is 82.0 Å². The van der Waals surface area contributed by atoms with Crippen molar-refractivity contribution in [3.05, 3.63) is 279 Å². The van der Waals surface area contributed by atoms with E-state index in [-0.39, 0.29) is 0 Å². The van der Waals surface area contributed by atoms with Gasteiger partial charge >= 0.3 is 0 Å². The molecule has 72 heavy (non-hydrogen) atoms. The van der Waals surface area contributed by atoms with Crippen molar-refractivity contribution in [2.45, 2.75) is 0 Å². The second-order valence-corrected chi connectivity index (χ2v) is 18.8. The zero-order chi connectivity index (χ0) is 47.5. The maximum Gasteiger partial charge on any atom is 0.0541 e. The van der Waals surface area contributed by atoms with E-state index in [0.717, 1.165) is 28.3 Å². The SMILES string of the molecule is c1ccc(-c2c(-c3ccccc3)c3cc(-c4cccc(N(c5ccc(-c6ccc7c(c6)c6ccccc6n7-c6ccccc6)cc5)c5cccc6c5ccc5ccccc56)c4)ccc3c3ccccc23)cc1. The van der Waals surface area contributed by atoms with E-state index in [4.69, 9.17) is 0 Å². The zero-order valence-corrected chi connectivity index (χ0v) is 39.5. The van der Waals surface area contributed by atoms with Crippen LogP contribution < -0.4 is 4.90 Å². The molecule has 13 aromatic carbocycles. The molecular weight excluding hydrogens is 869 g/mol. The number of fused-ring (bicyclic) bond motifs is 9. The van der Waals surface area contributed by atoms with Gasteiger partial charge in [0.25, 0.3) is 0 Å². The summed E-state index contributed by atoms with van der Waals surface area (Å²) in [5.41, 5.74) is 16.5. The fraction of sp³-hybridized carbons (Fsp3) is 0. The van der Waals surface area contributed by atoms with Gasteiger partial charge in [0.1, 0.15) is 0 Å². The Bertz CT molecular complexity index is 4360. The first kappa shape index (κ1) is 41.5. The van der Waals surface area contributed by atoms with Crippen LogP contribution >= 0.6 is 0 Å². The molecular formula is C70H46N2. The van der Waals surface area contributed by atoms with E-state index in [1.807, 2.05) is 0 Å². The summed E-state index contributed by atoms with van der Waals surface area (Å²) >= 11 is 0. The lowest BCUT2D eigenvalue weighted by molar-refractivity contribution is 1.18. The first-order chi connectivity index (χ1) is 35.7. The van der Waals surface area contributed by atoms with Crippen molar-refractivity contribution in [1.29, 1.82) is 0 Å². The van der Waals surface area contributed by atoms with Gasteiger partial charge < -0.3 is 9.47 Å². The van der Waals surface area contributed by atoms with Crippen LogP contribution in [0.4, 0.5) is 17.1 Å². The molecule has 2 nitrogen and oxygen atoms in total. The van der Waals surface area contributed by atoms with Gasteiger partial charge in [0.2, 0.25) is 0 Å². The number of anilines is 3. The minimum atomic E-state index is 1.09. The van der Waals surface area contributed by atoms with E-state index < -0.39 is 0 Å². The normalized spacial score (nSPS) is 11.6. The Morgan fingerprint density at radius 1 is 0.236 bits per heavy atom. The fourth-order valence-electron chi connectivity index (χ4n) is 11.5.